The Morgan fingerprint density at radius 3 is 2.56 bits per heavy atom. The number of amides is 3. The van der Waals surface area contributed by atoms with Gasteiger partial charge in [0.15, 0.2) is 0 Å². The van der Waals surface area contributed by atoms with Crippen molar-refractivity contribution < 1.29 is 23.9 Å². The van der Waals surface area contributed by atoms with Crippen LogP contribution in [0.25, 0.3) is 0 Å². The molecule has 0 aromatic heterocycles. The topological polar surface area (TPSA) is 97.0 Å². The van der Waals surface area contributed by atoms with Gasteiger partial charge in [-0.1, -0.05) is 24.3 Å². The Kier molecular flexibility index (Phi) is 5.61. The highest BCUT2D eigenvalue weighted by Gasteiger charge is 2.67. The van der Waals surface area contributed by atoms with Crippen molar-refractivity contribution in [2.75, 3.05) is 30.4 Å². The summed E-state index contributed by atoms with van der Waals surface area (Å²) in [4.78, 5) is 39.5. The molecule has 8 heteroatoms. The summed E-state index contributed by atoms with van der Waals surface area (Å²) in [5.74, 6) is -0.760. The van der Waals surface area contributed by atoms with Crippen LogP contribution in [0.3, 0.4) is 0 Å². The van der Waals surface area contributed by atoms with Crippen LogP contribution in [0.2, 0.25) is 0 Å². The highest BCUT2D eigenvalue weighted by atomic mass is 16.5. The van der Waals surface area contributed by atoms with E-state index in [0.29, 0.717) is 30.9 Å². The molecule has 0 radical (unpaired) electrons. The van der Waals surface area contributed by atoms with Gasteiger partial charge in [-0.25, -0.2) is 0 Å². The van der Waals surface area contributed by atoms with Gasteiger partial charge in [0.05, 0.1) is 31.6 Å². The van der Waals surface area contributed by atoms with Gasteiger partial charge in [0.25, 0.3) is 0 Å². The summed E-state index contributed by atoms with van der Waals surface area (Å²) in [5, 5.41) is 5.72. The van der Waals surface area contributed by atoms with E-state index < -0.39 is 17.4 Å². The van der Waals surface area contributed by atoms with Crippen molar-refractivity contribution in [3.05, 3.63) is 66.2 Å². The molecule has 3 amide bonds. The molecule has 2 N–H and O–H groups in total. The van der Waals surface area contributed by atoms with E-state index in [1.54, 1.807) is 36.3 Å². The highest BCUT2D eigenvalue weighted by molar-refractivity contribution is 6.03. The summed E-state index contributed by atoms with van der Waals surface area (Å²) in [7, 11) is 1.63. The SMILES string of the molecule is COc1ccc(CCNC(=O)[C@H]2[C@H]3C(=O)N(c4ccc(NC(C)=O)cc4)C[C@]34C=C[C@H]2O4)cc1. The van der Waals surface area contributed by atoms with Crippen LogP contribution >= 0.6 is 0 Å². The fourth-order valence-corrected chi connectivity index (χ4v) is 5.18. The molecule has 34 heavy (non-hydrogen) atoms. The van der Waals surface area contributed by atoms with Crippen molar-refractivity contribution in [2.45, 2.75) is 25.0 Å². The first-order valence-corrected chi connectivity index (χ1v) is 11.4. The van der Waals surface area contributed by atoms with Crippen LogP contribution in [0.15, 0.2) is 60.7 Å². The molecule has 8 nitrogen and oxygen atoms in total. The Hall–Kier alpha value is -3.65. The number of carbonyl (C=O) groups is 3. The number of benzene rings is 2. The number of hydrogen-bond donors (Lipinski definition) is 2. The Balaban J connectivity index is 1.26. The molecule has 5 rings (SSSR count). The van der Waals surface area contributed by atoms with Crippen LogP contribution in [0.4, 0.5) is 11.4 Å². The van der Waals surface area contributed by atoms with Gasteiger partial charge in [-0.2, -0.15) is 0 Å². The van der Waals surface area contributed by atoms with Gasteiger partial charge in [0.1, 0.15) is 11.4 Å². The maximum Gasteiger partial charge on any atom is 0.234 e. The zero-order chi connectivity index (χ0) is 23.9. The first-order chi connectivity index (χ1) is 16.4. The Morgan fingerprint density at radius 1 is 1.15 bits per heavy atom. The zero-order valence-electron chi connectivity index (χ0n) is 19.1. The molecule has 0 saturated carbocycles. The minimum absolute atomic E-state index is 0.116. The maximum atomic E-state index is 13.5. The molecule has 2 fully saturated rings. The molecule has 2 bridgehead atoms. The van der Waals surface area contributed by atoms with E-state index in [2.05, 4.69) is 10.6 Å². The molecule has 0 unspecified atom stereocenters. The number of hydrogen-bond acceptors (Lipinski definition) is 5. The van der Waals surface area contributed by atoms with E-state index in [0.717, 1.165) is 11.3 Å². The zero-order valence-corrected chi connectivity index (χ0v) is 19.1. The van der Waals surface area contributed by atoms with Gasteiger partial charge >= 0.3 is 0 Å². The molecule has 4 atom stereocenters. The lowest BCUT2D eigenvalue weighted by atomic mass is 9.77. The van der Waals surface area contributed by atoms with Crippen molar-refractivity contribution in [1.29, 1.82) is 0 Å². The number of fused-ring (bicyclic) bond motifs is 1. The van der Waals surface area contributed by atoms with Crippen LogP contribution in [-0.2, 0) is 25.5 Å². The van der Waals surface area contributed by atoms with Crippen LogP contribution in [0, 0.1) is 11.8 Å². The number of methoxy groups -OCH3 is 1. The molecule has 3 aliphatic heterocycles. The third-order valence-electron chi connectivity index (χ3n) is 6.77. The largest absolute Gasteiger partial charge is 0.497 e. The average molecular weight is 462 g/mol. The molecule has 176 valence electrons. The van der Waals surface area contributed by atoms with Crippen molar-refractivity contribution in [3.63, 3.8) is 0 Å². The maximum absolute atomic E-state index is 13.5. The molecule has 0 aliphatic carbocycles. The molecule has 2 aromatic carbocycles. The first-order valence-electron chi connectivity index (χ1n) is 11.4. The van der Waals surface area contributed by atoms with Crippen LogP contribution in [0.5, 0.6) is 5.75 Å². The van der Waals surface area contributed by atoms with Gasteiger partial charge < -0.3 is 25.0 Å². The van der Waals surface area contributed by atoms with Crippen molar-refractivity contribution in [3.8, 4) is 5.75 Å². The number of nitrogens with one attached hydrogen (secondary N) is 2. The summed E-state index contributed by atoms with van der Waals surface area (Å²) >= 11 is 0. The van der Waals surface area contributed by atoms with Gasteiger partial charge in [-0.15, -0.1) is 0 Å². The highest BCUT2D eigenvalue weighted by Crippen LogP contribution is 2.52. The van der Waals surface area contributed by atoms with Crippen LogP contribution in [-0.4, -0.2) is 49.6 Å². The smallest absolute Gasteiger partial charge is 0.234 e. The third kappa shape index (κ3) is 3.84. The van der Waals surface area contributed by atoms with Crippen molar-refractivity contribution >= 4 is 29.1 Å². The molecule has 1 spiro atoms. The monoisotopic (exact) mass is 461 g/mol. The van der Waals surface area contributed by atoms with E-state index in [-0.39, 0.29) is 23.8 Å². The normalized spacial score (nSPS) is 26.5. The van der Waals surface area contributed by atoms with E-state index >= 15 is 0 Å². The van der Waals surface area contributed by atoms with Gasteiger partial charge in [-0.05, 0) is 48.4 Å². The second kappa shape index (κ2) is 8.61. The van der Waals surface area contributed by atoms with E-state index in [9.17, 15) is 14.4 Å². The van der Waals surface area contributed by atoms with E-state index in [1.165, 1.54) is 6.92 Å². The Labute approximate surface area is 197 Å². The lowest BCUT2D eigenvalue weighted by molar-refractivity contribution is -0.131. The predicted molar refractivity (Wildman–Crippen MR) is 127 cm³/mol. The van der Waals surface area contributed by atoms with E-state index in [4.69, 9.17) is 9.47 Å². The summed E-state index contributed by atoms with van der Waals surface area (Å²) in [6.45, 7) is 2.28. The Morgan fingerprint density at radius 2 is 1.88 bits per heavy atom. The first kappa shape index (κ1) is 22.2. The number of rotatable bonds is 7. The lowest BCUT2D eigenvalue weighted by Gasteiger charge is -2.23. The Bertz CT molecular complexity index is 1140. The average Bonchev–Trinajstić information content (AvgIpc) is 3.48. The molecule has 3 heterocycles. The van der Waals surface area contributed by atoms with Crippen LogP contribution < -0.4 is 20.3 Å². The summed E-state index contributed by atoms with van der Waals surface area (Å²) in [6, 6.07) is 14.8. The number of anilines is 2. The minimum atomic E-state index is -0.782. The number of nitrogens with zero attached hydrogens (tertiary/aromatic N) is 1. The van der Waals surface area contributed by atoms with Crippen molar-refractivity contribution in [1.82, 2.24) is 5.32 Å². The molecular weight excluding hydrogens is 434 g/mol. The molecule has 2 aromatic rings. The standard InChI is InChI=1S/C26H27N3O5/c1-16(30)28-18-5-7-19(8-6-18)29-15-26-13-11-21(34-26)22(23(26)25(29)32)24(31)27-14-12-17-3-9-20(33-2)10-4-17/h3-11,13,21-23H,12,14-15H2,1-2H3,(H,27,31)(H,28,30)/t21-,22-,23+,26-/m1/s1. The van der Waals surface area contributed by atoms with Crippen molar-refractivity contribution in [2.24, 2.45) is 11.8 Å². The summed E-state index contributed by atoms with van der Waals surface area (Å²) < 4.78 is 11.4. The third-order valence-corrected chi connectivity index (χ3v) is 6.77. The van der Waals surface area contributed by atoms with Gasteiger partial charge in [0, 0.05) is 24.8 Å². The predicted octanol–water partition coefficient (Wildman–Crippen LogP) is 2.30. The molecular formula is C26H27N3O5. The minimum Gasteiger partial charge on any atom is -0.497 e. The summed E-state index contributed by atoms with van der Waals surface area (Å²) in [6.07, 6.45) is 4.13. The molecule has 2 saturated heterocycles. The quantitative estimate of drug-likeness (QED) is 0.617. The lowest BCUT2D eigenvalue weighted by Crippen LogP contribution is -2.44. The fraction of sp³-hybridized carbons (Fsp3) is 0.346. The second-order valence-electron chi connectivity index (χ2n) is 8.94. The summed E-state index contributed by atoms with van der Waals surface area (Å²) in [5.41, 5.74) is 1.68. The number of ether oxygens (including phenoxy) is 2. The second-order valence-corrected chi connectivity index (χ2v) is 8.94. The fourth-order valence-electron chi connectivity index (χ4n) is 5.18. The number of carbonyl (C=O) groups excluding carboxylic acids is 3. The van der Waals surface area contributed by atoms with Gasteiger partial charge in [0.2, 0.25) is 17.7 Å². The van der Waals surface area contributed by atoms with Crippen LogP contribution in [0.1, 0.15) is 12.5 Å². The van der Waals surface area contributed by atoms with Gasteiger partial charge in [-0.3, -0.25) is 14.4 Å². The molecule has 3 aliphatic rings. The van der Waals surface area contributed by atoms with E-state index in [1.807, 2.05) is 36.4 Å².